The zero-order chi connectivity index (χ0) is 27.9. The predicted molar refractivity (Wildman–Crippen MR) is 144 cm³/mol. The van der Waals surface area contributed by atoms with Crippen molar-refractivity contribution >= 4 is 0 Å². The second kappa shape index (κ2) is 13.6. The Morgan fingerprint density at radius 1 is 0.872 bits per heavy atom. The summed E-state index contributed by atoms with van der Waals surface area (Å²) in [5.41, 5.74) is 1.72. The Bertz CT molecular complexity index is 1040. The van der Waals surface area contributed by atoms with Crippen molar-refractivity contribution in [1.82, 2.24) is 0 Å². The molecule has 0 aliphatic heterocycles. The molecule has 0 radical (unpaired) electrons. The number of aliphatic hydroxyl groups excluding tert-OH is 3. The van der Waals surface area contributed by atoms with Crippen LogP contribution in [0.2, 0.25) is 0 Å². The van der Waals surface area contributed by atoms with Gasteiger partial charge in [0.15, 0.2) is 23.0 Å². The summed E-state index contributed by atoms with van der Waals surface area (Å²) >= 11 is 0. The molecule has 2 fully saturated rings. The van der Waals surface area contributed by atoms with Crippen molar-refractivity contribution in [1.29, 1.82) is 0 Å². The van der Waals surface area contributed by atoms with Crippen LogP contribution in [-0.2, 0) is 17.6 Å². The first kappa shape index (κ1) is 29.3. The molecule has 4 rings (SSSR count). The minimum Gasteiger partial charge on any atom is -0.504 e. The van der Waals surface area contributed by atoms with Crippen LogP contribution in [0.25, 0.3) is 0 Å². The number of methoxy groups -OCH3 is 2. The quantitative estimate of drug-likeness (QED) is 0.252. The smallest absolute Gasteiger partial charge is 0.200 e. The molecule has 2 aromatic rings. The van der Waals surface area contributed by atoms with E-state index in [-0.39, 0.29) is 35.0 Å². The van der Waals surface area contributed by atoms with Gasteiger partial charge in [-0.2, -0.15) is 0 Å². The SMILES string of the molecule is COc1cc(C[C@@H]2[C@H](O)[C@@H]([C@H](CCc3ccc(O)c(OC4CCCC4)c3)OCO)CC[C@@H]2O)cc(OC)c1O. The van der Waals surface area contributed by atoms with Crippen LogP contribution in [0.5, 0.6) is 28.7 Å². The van der Waals surface area contributed by atoms with E-state index in [2.05, 4.69) is 0 Å². The molecule has 0 aromatic heterocycles. The minimum absolute atomic E-state index is 0.103. The molecule has 0 amide bonds. The summed E-state index contributed by atoms with van der Waals surface area (Å²) in [7, 11) is 2.90. The molecule has 5 N–H and O–H groups in total. The Balaban J connectivity index is 1.45. The molecule has 5 atom stereocenters. The molecule has 39 heavy (non-hydrogen) atoms. The molecule has 0 spiro atoms. The third kappa shape index (κ3) is 7.08. The fourth-order valence-corrected chi connectivity index (χ4v) is 6.11. The maximum Gasteiger partial charge on any atom is 0.200 e. The van der Waals surface area contributed by atoms with Crippen molar-refractivity contribution in [3.05, 3.63) is 41.5 Å². The van der Waals surface area contributed by atoms with E-state index in [1.165, 1.54) is 14.2 Å². The molecule has 9 nitrogen and oxygen atoms in total. The maximum absolute atomic E-state index is 11.4. The summed E-state index contributed by atoms with van der Waals surface area (Å²) in [6.45, 7) is -0.473. The van der Waals surface area contributed by atoms with Crippen LogP contribution in [0.3, 0.4) is 0 Å². The third-order valence-electron chi connectivity index (χ3n) is 8.28. The van der Waals surface area contributed by atoms with Gasteiger partial charge >= 0.3 is 0 Å². The van der Waals surface area contributed by atoms with Crippen LogP contribution in [0, 0.1) is 11.8 Å². The summed E-state index contributed by atoms with van der Waals surface area (Å²) in [5, 5.41) is 52.4. The van der Waals surface area contributed by atoms with Gasteiger partial charge in [0.25, 0.3) is 0 Å². The van der Waals surface area contributed by atoms with Gasteiger partial charge in [-0.15, -0.1) is 0 Å². The number of hydrogen-bond donors (Lipinski definition) is 5. The summed E-state index contributed by atoms with van der Waals surface area (Å²) in [6.07, 6.45) is 4.89. The van der Waals surface area contributed by atoms with E-state index in [1.807, 2.05) is 12.1 Å². The highest BCUT2D eigenvalue weighted by molar-refractivity contribution is 5.53. The largest absolute Gasteiger partial charge is 0.504 e. The molecule has 0 saturated heterocycles. The molecule has 216 valence electrons. The van der Waals surface area contributed by atoms with E-state index in [0.717, 1.165) is 36.8 Å². The lowest BCUT2D eigenvalue weighted by Gasteiger charge is -2.41. The maximum atomic E-state index is 11.4. The van der Waals surface area contributed by atoms with Crippen molar-refractivity contribution in [2.45, 2.75) is 82.2 Å². The van der Waals surface area contributed by atoms with Crippen LogP contribution in [0.15, 0.2) is 30.3 Å². The Kier molecular flexibility index (Phi) is 10.2. The first-order valence-electron chi connectivity index (χ1n) is 13.9. The van der Waals surface area contributed by atoms with Crippen LogP contribution in [0.4, 0.5) is 0 Å². The molecular weight excluding hydrogens is 504 g/mol. The monoisotopic (exact) mass is 546 g/mol. The van der Waals surface area contributed by atoms with Crippen molar-refractivity contribution in [3.63, 3.8) is 0 Å². The lowest BCUT2D eigenvalue weighted by Crippen LogP contribution is -2.48. The van der Waals surface area contributed by atoms with Crippen LogP contribution in [0.1, 0.15) is 56.1 Å². The summed E-state index contributed by atoms with van der Waals surface area (Å²) in [6, 6.07) is 8.71. The zero-order valence-corrected chi connectivity index (χ0v) is 22.8. The second-order valence-electron chi connectivity index (χ2n) is 10.7. The normalized spacial score (nSPS) is 24.4. The van der Waals surface area contributed by atoms with E-state index < -0.39 is 31.0 Å². The van der Waals surface area contributed by atoms with Crippen molar-refractivity contribution in [2.75, 3.05) is 21.0 Å². The number of ether oxygens (including phenoxy) is 4. The molecule has 0 heterocycles. The number of aromatic hydroxyl groups is 2. The lowest BCUT2D eigenvalue weighted by molar-refractivity contribution is -0.136. The van der Waals surface area contributed by atoms with Gasteiger partial charge in [0.2, 0.25) is 5.75 Å². The van der Waals surface area contributed by atoms with Crippen LogP contribution < -0.4 is 14.2 Å². The van der Waals surface area contributed by atoms with Gasteiger partial charge in [-0.25, -0.2) is 0 Å². The number of phenols is 2. The molecule has 2 aliphatic carbocycles. The topological polar surface area (TPSA) is 138 Å². The Labute approximate surface area is 229 Å². The zero-order valence-electron chi connectivity index (χ0n) is 22.8. The Morgan fingerprint density at radius 2 is 1.54 bits per heavy atom. The first-order chi connectivity index (χ1) is 18.8. The van der Waals surface area contributed by atoms with E-state index >= 15 is 0 Å². The number of phenolic OH excluding ortho intramolecular Hbond substituents is 2. The average molecular weight is 547 g/mol. The van der Waals surface area contributed by atoms with Crippen molar-refractivity contribution < 1.29 is 44.5 Å². The molecular formula is C30H42O9. The average Bonchev–Trinajstić information content (AvgIpc) is 3.44. The van der Waals surface area contributed by atoms with Gasteiger partial charge in [-0.1, -0.05) is 6.07 Å². The molecule has 9 heteroatoms. The predicted octanol–water partition coefficient (Wildman–Crippen LogP) is 3.69. The van der Waals surface area contributed by atoms with E-state index in [9.17, 15) is 25.5 Å². The highest BCUT2D eigenvalue weighted by Gasteiger charge is 2.41. The fourth-order valence-electron chi connectivity index (χ4n) is 6.11. The van der Waals surface area contributed by atoms with E-state index in [0.29, 0.717) is 37.9 Å². The van der Waals surface area contributed by atoms with E-state index in [1.54, 1.807) is 18.2 Å². The highest BCUT2D eigenvalue weighted by Crippen LogP contribution is 2.41. The summed E-state index contributed by atoms with van der Waals surface area (Å²) in [4.78, 5) is 0. The first-order valence-corrected chi connectivity index (χ1v) is 13.9. The van der Waals surface area contributed by atoms with Gasteiger partial charge in [-0.3, -0.25) is 0 Å². The molecule has 0 bridgehead atoms. The third-order valence-corrected chi connectivity index (χ3v) is 8.28. The standard InChI is InChI=1S/C30H42O9/c1-36-27-15-19(16-28(37-2)30(27)35)13-22-23(32)11-9-21(29(22)34)25(38-17-31)12-8-18-7-10-24(33)26(14-18)39-20-5-3-4-6-20/h7,10,14-16,20-23,25,29,31-35H,3-6,8-9,11-13,17H2,1-2H3/t21-,22+,23+,25+,29-/m1/s1. The van der Waals surface area contributed by atoms with Gasteiger partial charge in [-0.05, 0) is 93.2 Å². The van der Waals surface area contributed by atoms with E-state index in [4.69, 9.17) is 18.9 Å². The molecule has 2 aromatic carbocycles. The summed E-state index contributed by atoms with van der Waals surface area (Å²) < 4.78 is 22.3. The Morgan fingerprint density at radius 3 is 2.18 bits per heavy atom. The molecule has 2 aliphatic rings. The van der Waals surface area contributed by atoms with Crippen molar-refractivity contribution in [3.8, 4) is 28.7 Å². The van der Waals surface area contributed by atoms with Crippen molar-refractivity contribution in [2.24, 2.45) is 11.8 Å². The molecule has 0 unspecified atom stereocenters. The fraction of sp³-hybridized carbons (Fsp3) is 0.600. The number of aliphatic hydroxyl groups is 3. The number of aryl methyl sites for hydroxylation is 1. The lowest BCUT2D eigenvalue weighted by atomic mass is 9.71. The van der Waals surface area contributed by atoms with Crippen LogP contribution in [-0.4, -0.2) is 71.0 Å². The molecule has 2 saturated carbocycles. The van der Waals surface area contributed by atoms with Gasteiger partial charge < -0.3 is 44.5 Å². The summed E-state index contributed by atoms with van der Waals surface area (Å²) in [5.74, 6) is 0.245. The Hall–Kier alpha value is -2.72. The number of rotatable bonds is 12. The number of benzene rings is 2. The van der Waals surface area contributed by atoms with Gasteiger partial charge in [0.05, 0.1) is 38.6 Å². The highest BCUT2D eigenvalue weighted by atomic mass is 16.6. The number of hydrogen-bond acceptors (Lipinski definition) is 9. The minimum atomic E-state index is -0.878. The van der Waals surface area contributed by atoms with Gasteiger partial charge in [0, 0.05) is 11.8 Å². The second-order valence-corrected chi connectivity index (χ2v) is 10.7. The van der Waals surface area contributed by atoms with Gasteiger partial charge in [0.1, 0.15) is 6.79 Å². The van der Waals surface area contributed by atoms with Crippen LogP contribution >= 0.6 is 0 Å².